The summed E-state index contributed by atoms with van der Waals surface area (Å²) in [5.41, 5.74) is 4.10. The molecule has 2 aromatic carbocycles. The van der Waals surface area contributed by atoms with Crippen LogP contribution in [0.4, 0.5) is 4.39 Å². The van der Waals surface area contributed by atoms with E-state index in [9.17, 15) is 4.39 Å². The van der Waals surface area contributed by atoms with E-state index in [1.807, 2.05) is 6.07 Å². The van der Waals surface area contributed by atoms with Crippen LogP contribution in [-0.2, 0) is 0 Å². The Kier molecular flexibility index (Phi) is 4.25. The molecule has 1 unspecified atom stereocenters. The fourth-order valence-electron chi connectivity index (χ4n) is 1.94. The Hall–Kier alpha value is -1.35. The predicted molar refractivity (Wildman–Crippen MR) is 79.6 cm³/mol. The summed E-state index contributed by atoms with van der Waals surface area (Å²) in [7, 11) is 1.53. The van der Waals surface area contributed by atoms with Crippen molar-refractivity contribution < 1.29 is 9.13 Å². The van der Waals surface area contributed by atoms with E-state index in [4.69, 9.17) is 4.74 Å². The minimum absolute atomic E-state index is 0.155. The molecule has 2 aromatic rings. The van der Waals surface area contributed by atoms with Crippen molar-refractivity contribution in [2.24, 2.45) is 0 Å². The number of benzene rings is 2. The summed E-state index contributed by atoms with van der Waals surface area (Å²) >= 11 is 3.57. The van der Waals surface area contributed by atoms with Crippen LogP contribution in [-0.4, -0.2) is 7.11 Å². The third-order valence-electron chi connectivity index (χ3n) is 3.30. The molecule has 0 aliphatic rings. The van der Waals surface area contributed by atoms with Crippen LogP contribution in [0.5, 0.6) is 5.75 Å². The van der Waals surface area contributed by atoms with Crippen LogP contribution in [0, 0.1) is 19.7 Å². The molecule has 0 aliphatic heterocycles. The summed E-state index contributed by atoms with van der Waals surface area (Å²) in [5.74, 6) is 0.264. The van der Waals surface area contributed by atoms with E-state index in [0.29, 0.717) is 11.3 Å². The molecule has 0 aromatic heterocycles. The number of alkyl halides is 1. The summed E-state index contributed by atoms with van der Waals surface area (Å²) in [4.78, 5) is -0.155. The Labute approximate surface area is 121 Å². The highest BCUT2D eigenvalue weighted by Crippen LogP contribution is 2.34. The third-order valence-corrected chi connectivity index (χ3v) is 4.33. The van der Waals surface area contributed by atoms with Gasteiger partial charge in [0.15, 0.2) is 0 Å². The van der Waals surface area contributed by atoms with Crippen molar-refractivity contribution in [3.05, 3.63) is 64.5 Å². The van der Waals surface area contributed by atoms with Crippen LogP contribution in [0.25, 0.3) is 0 Å². The molecule has 0 saturated heterocycles. The molecule has 3 heteroatoms. The van der Waals surface area contributed by atoms with Crippen molar-refractivity contribution >= 4 is 15.9 Å². The number of methoxy groups -OCH3 is 1. The van der Waals surface area contributed by atoms with E-state index in [1.165, 1.54) is 24.3 Å². The highest BCUT2D eigenvalue weighted by molar-refractivity contribution is 9.09. The average Bonchev–Trinajstić information content (AvgIpc) is 2.41. The summed E-state index contributed by atoms with van der Waals surface area (Å²) < 4.78 is 19.1. The molecule has 0 radical (unpaired) electrons. The van der Waals surface area contributed by atoms with Gasteiger partial charge in [-0.15, -0.1) is 0 Å². The second-order valence-electron chi connectivity index (χ2n) is 4.59. The van der Waals surface area contributed by atoms with Crippen molar-refractivity contribution in [1.82, 2.24) is 0 Å². The first-order valence-corrected chi connectivity index (χ1v) is 6.99. The number of halogens is 2. The smallest absolute Gasteiger partial charge is 0.131 e. The van der Waals surface area contributed by atoms with E-state index in [0.717, 1.165) is 5.56 Å². The third kappa shape index (κ3) is 2.98. The van der Waals surface area contributed by atoms with Gasteiger partial charge in [0, 0.05) is 11.6 Å². The Morgan fingerprint density at radius 2 is 1.79 bits per heavy atom. The maximum Gasteiger partial charge on any atom is 0.131 e. The number of aryl methyl sites for hydroxylation is 2. The Morgan fingerprint density at radius 1 is 1.05 bits per heavy atom. The highest BCUT2D eigenvalue weighted by atomic mass is 79.9. The van der Waals surface area contributed by atoms with E-state index in [1.54, 1.807) is 12.1 Å². The average molecular weight is 323 g/mol. The van der Waals surface area contributed by atoms with Gasteiger partial charge in [0.25, 0.3) is 0 Å². The van der Waals surface area contributed by atoms with Gasteiger partial charge in [-0.25, -0.2) is 4.39 Å². The zero-order valence-corrected chi connectivity index (χ0v) is 12.8. The monoisotopic (exact) mass is 322 g/mol. The van der Waals surface area contributed by atoms with Gasteiger partial charge >= 0.3 is 0 Å². The van der Waals surface area contributed by atoms with Crippen molar-refractivity contribution in [3.63, 3.8) is 0 Å². The van der Waals surface area contributed by atoms with Crippen molar-refractivity contribution in [3.8, 4) is 5.75 Å². The quantitative estimate of drug-likeness (QED) is 0.727. The second-order valence-corrected chi connectivity index (χ2v) is 5.51. The van der Waals surface area contributed by atoms with E-state index < -0.39 is 0 Å². The number of rotatable bonds is 3. The normalized spacial score (nSPS) is 12.3. The molecule has 0 N–H and O–H groups in total. The second kappa shape index (κ2) is 5.74. The Bertz CT molecular complexity index is 595. The predicted octanol–water partition coefficient (Wildman–Crippen LogP) is 4.94. The fourth-order valence-corrected chi connectivity index (χ4v) is 2.60. The van der Waals surface area contributed by atoms with Gasteiger partial charge in [0.05, 0.1) is 11.9 Å². The molecular formula is C16H16BrFO. The van der Waals surface area contributed by atoms with Gasteiger partial charge in [-0.3, -0.25) is 0 Å². The molecule has 0 saturated carbocycles. The zero-order valence-electron chi connectivity index (χ0n) is 11.2. The zero-order chi connectivity index (χ0) is 14.0. The standard InChI is InChI=1S/C16H16BrFO/c1-10-4-5-12(8-11(10)2)16(17)14-7-6-13(19-3)9-15(14)18/h4-9,16H,1-3H3. The molecule has 0 fully saturated rings. The van der Waals surface area contributed by atoms with Gasteiger partial charge < -0.3 is 4.74 Å². The molecule has 19 heavy (non-hydrogen) atoms. The van der Waals surface area contributed by atoms with Gasteiger partial charge in [-0.2, -0.15) is 0 Å². The van der Waals surface area contributed by atoms with Gasteiger partial charge in [-0.05, 0) is 36.6 Å². The Balaban J connectivity index is 2.38. The molecule has 1 nitrogen and oxygen atoms in total. The number of hydrogen-bond donors (Lipinski definition) is 0. The summed E-state index contributed by atoms with van der Waals surface area (Å²) in [6, 6.07) is 11.1. The lowest BCUT2D eigenvalue weighted by Crippen LogP contribution is -1.98. The lowest BCUT2D eigenvalue weighted by molar-refractivity contribution is 0.411. The lowest BCUT2D eigenvalue weighted by Gasteiger charge is -2.14. The Morgan fingerprint density at radius 3 is 2.37 bits per heavy atom. The molecule has 0 heterocycles. The summed E-state index contributed by atoms with van der Waals surface area (Å²) in [6.07, 6.45) is 0. The first-order valence-electron chi connectivity index (χ1n) is 6.07. The van der Waals surface area contributed by atoms with Gasteiger partial charge in [0.1, 0.15) is 11.6 Å². The molecule has 0 bridgehead atoms. The highest BCUT2D eigenvalue weighted by Gasteiger charge is 2.15. The van der Waals surface area contributed by atoms with Crippen LogP contribution in [0.3, 0.4) is 0 Å². The van der Waals surface area contributed by atoms with Crippen LogP contribution in [0.2, 0.25) is 0 Å². The fraction of sp³-hybridized carbons (Fsp3) is 0.250. The SMILES string of the molecule is COc1ccc(C(Br)c2ccc(C)c(C)c2)c(F)c1. The lowest BCUT2D eigenvalue weighted by atomic mass is 10.00. The first kappa shape index (κ1) is 14.1. The maximum atomic E-state index is 14.0. The minimum Gasteiger partial charge on any atom is -0.497 e. The minimum atomic E-state index is -0.264. The number of ether oxygens (including phenoxy) is 1. The molecule has 100 valence electrons. The molecule has 0 amide bonds. The molecule has 2 rings (SSSR count). The maximum absolute atomic E-state index is 14.0. The van der Waals surface area contributed by atoms with Crippen LogP contribution in [0.1, 0.15) is 27.1 Å². The van der Waals surface area contributed by atoms with Crippen molar-refractivity contribution in [2.75, 3.05) is 7.11 Å². The largest absolute Gasteiger partial charge is 0.497 e. The molecule has 0 spiro atoms. The van der Waals surface area contributed by atoms with E-state index in [2.05, 4.69) is 41.9 Å². The molecule has 0 aliphatic carbocycles. The van der Waals surface area contributed by atoms with Crippen LogP contribution < -0.4 is 4.74 Å². The molecular weight excluding hydrogens is 307 g/mol. The number of hydrogen-bond acceptors (Lipinski definition) is 1. The first-order chi connectivity index (χ1) is 9.02. The van der Waals surface area contributed by atoms with Crippen LogP contribution >= 0.6 is 15.9 Å². The van der Waals surface area contributed by atoms with Gasteiger partial charge in [0.2, 0.25) is 0 Å². The topological polar surface area (TPSA) is 9.23 Å². The summed E-state index contributed by atoms with van der Waals surface area (Å²) in [5, 5.41) is 0. The van der Waals surface area contributed by atoms with E-state index in [-0.39, 0.29) is 10.6 Å². The van der Waals surface area contributed by atoms with Crippen molar-refractivity contribution in [2.45, 2.75) is 18.7 Å². The van der Waals surface area contributed by atoms with Crippen LogP contribution in [0.15, 0.2) is 36.4 Å². The van der Waals surface area contributed by atoms with Gasteiger partial charge in [-0.1, -0.05) is 40.2 Å². The van der Waals surface area contributed by atoms with E-state index >= 15 is 0 Å². The molecule has 1 atom stereocenters. The summed E-state index contributed by atoms with van der Waals surface area (Å²) in [6.45, 7) is 4.12. The van der Waals surface area contributed by atoms with Crippen molar-refractivity contribution in [1.29, 1.82) is 0 Å².